The molecule has 2 N–H and O–H groups in total. The minimum atomic E-state index is -1.02. The van der Waals surface area contributed by atoms with Crippen LogP contribution in [0.2, 0.25) is 0 Å². The number of carbonyl (C=O) groups is 2. The van der Waals surface area contributed by atoms with E-state index in [1.165, 1.54) is 6.07 Å². The zero-order valence-corrected chi connectivity index (χ0v) is 13.0. The number of aryl methyl sites for hydroxylation is 1. The second kappa shape index (κ2) is 7.11. The topological polar surface area (TPSA) is 75.6 Å². The highest BCUT2D eigenvalue weighted by molar-refractivity contribution is 5.92. The summed E-state index contributed by atoms with van der Waals surface area (Å²) in [5.74, 6) is -1.02. The lowest BCUT2D eigenvalue weighted by molar-refractivity contribution is 0.0632. The fourth-order valence-electron chi connectivity index (χ4n) is 1.82. The van der Waals surface area contributed by atoms with Crippen LogP contribution in [0.4, 0.5) is 10.5 Å². The predicted molar refractivity (Wildman–Crippen MR) is 81.9 cm³/mol. The Balaban J connectivity index is 2.97. The van der Waals surface area contributed by atoms with Crippen LogP contribution < -0.4 is 5.32 Å². The number of ether oxygens (including phenoxy) is 1. The van der Waals surface area contributed by atoms with E-state index in [1.807, 2.05) is 0 Å². The van der Waals surface area contributed by atoms with Gasteiger partial charge in [-0.05, 0) is 51.3 Å². The first kappa shape index (κ1) is 17.0. The molecule has 116 valence electrons. The van der Waals surface area contributed by atoms with Crippen molar-refractivity contribution in [3.05, 3.63) is 29.3 Å². The highest BCUT2D eigenvalue weighted by Gasteiger charge is 2.18. The van der Waals surface area contributed by atoms with Crippen LogP contribution in [-0.2, 0) is 11.2 Å². The molecule has 1 aromatic carbocycles. The van der Waals surface area contributed by atoms with Gasteiger partial charge in [0.2, 0.25) is 0 Å². The third-order valence-corrected chi connectivity index (χ3v) is 2.79. The quantitative estimate of drug-likeness (QED) is 0.858. The number of nitrogens with one attached hydrogen (secondary N) is 1. The van der Waals surface area contributed by atoms with Crippen molar-refractivity contribution in [1.82, 2.24) is 0 Å². The van der Waals surface area contributed by atoms with Gasteiger partial charge >= 0.3 is 12.1 Å². The van der Waals surface area contributed by atoms with Crippen LogP contribution in [0.1, 0.15) is 56.5 Å². The molecule has 1 amide bonds. The Hall–Kier alpha value is -2.04. The fourth-order valence-corrected chi connectivity index (χ4v) is 1.82. The van der Waals surface area contributed by atoms with Crippen LogP contribution in [0.3, 0.4) is 0 Å². The van der Waals surface area contributed by atoms with E-state index in [9.17, 15) is 9.59 Å². The maximum absolute atomic E-state index is 11.9. The molecule has 0 unspecified atom stereocenters. The molecule has 0 fully saturated rings. The summed E-state index contributed by atoms with van der Waals surface area (Å²) in [5, 5.41) is 11.7. The molecule has 0 aliphatic heterocycles. The van der Waals surface area contributed by atoms with Crippen LogP contribution in [0.25, 0.3) is 0 Å². The van der Waals surface area contributed by atoms with E-state index in [1.54, 1.807) is 32.9 Å². The Bertz CT molecular complexity index is 517. The minimum Gasteiger partial charge on any atom is -0.478 e. The molecule has 0 aliphatic carbocycles. The Morgan fingerprint density at radius 3 is 2.48 bits per heavy atom. The van der Waals surface area contributed by atoms with E-state index in [0.717, 1.165) is 24.8 Å². The molecule has 0 spiro atoms. The van der Waals surface area contributed by atoms with Gasteiger partial charge in [-0.25, -0.2) is 9.59 Å². The van der Waals surface area contributed by atoms with Crippen molar-refractivity contribution in [3.63, 3.8) is 0 Å². The van der Waals surface area contributed by atoms with E-state index in [-0.39, 0.29) is 5.56 Å². The van der Waals surface area contributed by atoms with Crippen molar-refractivity contribution < 1.29 is 19.4 Å². The second-order valence-electron chi connectivity index (χ2n) is 5.91. The molecule has 1 aromatic rings. The van der Waals surface area contributed by atoms with Crippen LogP contribution in [0.15, 0.2) is 18.2 Å². The third-order valence-electron chi connectivity index (χ3n) is 2.79. The molecule has 0 aliphatic rings. The average molecular weight is 293 g/mol. The standard InChI is InChI=1S/C16H23NO4/c1-5-6-7-11-8-9-12(14(18)19)10-13(11)17-15(20)21-16(2,3)4/h8-10H,5-7H2,1-4H3,(H,17,20)(H,18,19). The summed E-state index contributed by atoms with van der Waals surface area (Å²) in [6.07, 6.45) is 2.19. The number of benzene rings is 1. The first-order valence-corrected chi connectivity index (χ1v) is 7.09. The highest BCUT2D eigenvalue weighted by atomic mass is 16.6. The van der Waals surface area contributed by atoms with E-state index in [2.05, 4.69) is 12.2 Å². The van der Waals surface area contributed by atoms with Crippen LogP contribution in [0, 0.1) is 0 Å². The zero-order chi connectivity index (χ0) is 16.0. The lowest BCUT2D eigenvalue weighted by Gasteiger charge is -2.20. The molecule has 0 atom stereocenters. The average Bonchev–Trinajstić information content (AvgIpc) is 2.34. The lowest BCUT2D eigenvalue weighted by Crippen LogP contribution is -2.27. The molecular formula is C16H23NO4. The molecule has 0 aromatic heterocycles. The molecule has 0 saturated heterocycles. The van der Waals surface area contributed by atoms with Crippen LogP contribution in [0.5, 0.6) is 0 Å². The number of amides is 1. The largest absolute Gasteiger partial charge is 0.478 e. The van der Waals surface area contributed by atoms with Gasteiger partial charge in [-0.15, -0.1) is 0 Å². The lowest BCUT2D eigenvalue weighted by atomic mass is 10.0. The van der Waals surface area contributed by atoms with Crippen molar-refractivity contribution >= 4 is 17.7 Å². The number of unbranched alkanes of at least 4 members (excludes halogenated alkanes) is 1. The molecular weight excluding hydrogens is 270 g/mol. The molecule has 5 nitrogen and oxygen atoms in total. The third kappa shape index (κ3) is 5.85. The monoisotopic (exact) mass is 293 g/mol. The summed E-state index contributed by atoms with van der Waals surface area (Å²) >= 11 is 0. The number of anilines is 1. The van der Waals surface area contributed by atoms with Gasteiger partial charge in [0.15, 0.2) is 0 Å². The first-order chi connectivity index (χ1) is 9.73. The van der Waals surface area contributed by atoms with Gasteiger partial charge in [-0.3, -0.25) is 5.32 Å². The van der Waals surface area contributed by atoms with Gasteiger partial charge in [0.1, 0.15) is 5.60 Å². The van der Waals surface area contributed by atoms with Gasteiger partial charge < -0.3 is 9.84 Å². The smallest absolute Gasteiger partial charge is 0.412 e. The normalized spacial score (nSPS) is 11.0. The maximum Gasteiger partial charge on any atom is 0.412 e. The molecule has 0 bridgehead atoms. The number of carboxylic acids is 1. The molecule has 5 heteroatoms. The number of rotatable bonds is 5. The first-order valence-electron chi connectivity index (χ1n) is 7.09. The molecule has 21 heavy (non-hydrogen) atoms. The zero-order valence-electron chi connectivity index (χ0n) is 13.0. The maximum atomic E-state index is 11.9. The number of hydrogen-bond acceptors (Lipinski definition) is 3. The summed E-state index contributed by atoms with van der Waals surface area (Å²) < 4.78 is 5.20. The van der Waals surface area contributed by atoms with Gasteiger partial charge in [-0.1, -0.05) is 19.4 Å². The number of carbonyl (C=O) groups excluding carboxylic acids is 1. The highest BCUT2D eigenvalue weighted by Crippen LogP contribution is 2.21. The Labute approximate surface area is 125 Å². The second-order valence-corrected chi connectivity index (χ2v) is 5.91. The molecule has 0 heterocycles. The van der Waals surface area contributed by atoms with Crippen molar-refractivity contribution in [2.24, 2.45) is 0 Å². The van der Waals surface area contributed by atoms with Gasteiger partial charge in [0, 0.05) is 5.69 Å². The Morgan fingerprint density at radius 1 is 1.29 bits per heavy atom. The summed E-state index contributed by atoms with van der Waals surface area (Å²) in [5.41, 5.74) is 0.949. The molecule has 1 rings (SSSR count). The number of aromatic carboxylic acids is 1. The van der Waals surface area contributed by atoms with Crippen molar-refractivity contribution in [1.29, 1.82) is 0 Å². The summed E-state index contributed by atoms with van der Waals surface area (Å²) in [6, 6.07) is 4.76. The summed E-state index contributed by atoms with van der Waals surface area (Å²) in [6.45, 7) is 7.40. The summed E-state index contributed by atoms with van der Waals surface area (Å²) in [7, 11) is 0. The van der Waals surface area contributed by atoms with Gasteiger partial charge in [-0.2, -0.15) is 0 Å². The van der Waals surface area contributed by atoms with E-state index in [4.69, 9.17) is 9.84 Å². The van der Waals surface area contributed by atoms with Gasteiger partial charge in [0.05, 0.1) is 5.56 Å². The minimum absolute atomic E-state index is 0.140. The molecule has 0 radical (unpaired) electrons. The molecule has 0 saturated carbocycles. The van der Waals surface area contributed by atoms with E-state index < -0.39 is 17.7 Å². The number of hydrogen-bond donors (Lipinski definition) is 2. The van der Waals surface area contributed by atoms with Crippen LogP contribution in [-0.4, -0.2) is 22.8 Å². The predicted octanol–water partition coefficient (Wildman–Crippen LogP) is 4.07. The fraction of sp³-hybridized carbons (Fsp3) is 0.500. The van der Waals surface area contributed by atoms with Crippen molar-refractivity contribution in [3.8, 4) is 0 Å². The SMILES string of the molecule is CCCCc1ccc(C(=O)O)cc1NC(=O)OC(C)(C)C. The number of carboxylic acid groups (broad SMARTS) is 1. The Kier molecular flexibility index (Phi) is 5.76. The van der Waals surface area contributed by atoms with Crippen LogP contribution >= 0.6 is 0 Å². The summed E-state index contributed by atoms with van der Waals surface area (Å²) in [4.78, 5) is 22.9. The van der Waals surface area contributed by atoms with Gasteiger partial charge in [0.25, 0.3) is 0 Å². The van der Waals surface area contributed by atoms with E-state index >= 15 is 0 Å². The van der Waals surface area contributed by atoms with Crippen molar-refractivity contribution in [2.45, 2.75) is 52.6 Å². The van der Waals surface area contributed by atoms with E-state index in [0.29, 0.717) is 5.69 Å². The van der Waals surface area contributed by atoms with Crippen molar-refractivity contribution in [2.75, 3.05) is 5.32 Å². The Morgan fingerprint density at radius 2 is 1.95 bits per heavy atom.